The SMILES string of the molecule is O=Cc1cccc2nnc(-c3cccc(O)c3)n12. The van der Waals surface area contributed by atoms with E-state index >= 15 is 0 Å². The molecule has 0 aliphatic carbocycles. The lowest BCUT2D eigenvalue weighted by molar-refractivity contribution is 0.111. The van der Waals surface area contributed by atoms with Crippen molar-refractivity contribution in [2.75, 3.05) is 0 Å². The van der Waals surface area contributed by atoms with E-state index in [-0.39, 0.29) is 5.75 Å². The first-order valence-corrected chi connectivity index (χ1v) is 5.38. The highest BCUT2D eigenvalue weighted by Gasteiger charge is 2.11. The van der Waals surface area contributed by atoms with Crippen LogP contribution < -0.4 is 0 Å². The van der Waals surface area contributed by atoms with Crippen molar-refractivity contribution >= 4 is 11.9 Å². The van der Waals surface area contributed by atoms with Gasteiger partial charge in [-0.15, -0.1) is 10.2 Å². The van der Waals surface area contributed by atoms with E-state index < -0.39 is 0 Å². The number of rotatable bonds is 2. The van der Waals surface area contributed by atoms with Gasteiger partial charge in [0.1, 0.15) is 5.75 Å². The fraction of sp³-hybridized carbons (Fsp3) is 0. The number of aromatic nitrogens is 3. The van der Waals surface area contributed by atoms with Crippen LogP contribution in [-0.2, 0) is 0 Å². The zero-order valence-electron chi connectivity index (χ0n) is 9.32. The van der Waals surface area contributed by atoms with Gasteiger partial charge < -0.3 is 5.11 Å². The maximum Gasteiger partial charge on any atom is 0.169 e. The maximum atomic E-state index is 11.0. The van der Waals surface area contributed by atoms with Crippen molar-refractivity contribution in [1.29, 1.82) is 0 Å². The standard InChI is InChI=1S/C13H9N3O2/c17-8-10-4-2-6-12-14-15-13(16(10)12)9-3-1-5-11(18)7-9/h1-8,18H. The number of hydrogen-bond donors (Lipinski definition) is 1. The van der Waals surface area contributed by atoms with Crippen LogP contribution in [0.25, 0.3) is 17.0 Å². The number of phenols is 1. The van der Waals surface area contributed by atoms with E-state index in [1.807, 2.05) is 0 Å². The molecule has 3 rings (SSSR count). The minimum Gasteiger partial charge on any atom is -0.508 e. The van der Waals surface area contributed by atoms with Crippen molar-refractivity contribution in [3.63, 3.8) is 0 Å². The van der Waals surface area contributed by atoms with E-state index in [1.54, 1.807) is 46.9 Å². The molecule has 3 aromatic rings. The molecule has 0 saturated heterocycles. The van der Waals surface area contributed by atoms with E-state index in [4.69, 9.17) is 0 Å². The van der Waals surface area contributed by atoms with Gasteiger partial charge in [-0.25, -0.2) is 0 Å². The Morgan fingerprint density at radius 2 is 1.94 bits per heavy atom. The Morgan fingerprint density at radius 1 is 1.11 bits per heavy atom. The molecule has 0 unspecified atom stereocenters. The summed E-state index contributed by atoms with van der Waals surface area (Å²) < 4.78 is 1.65. The third-order valence-corrected chi connectivity index (χ3v) is 2.68. The second kappa shape index (κ2) is 3.96. The van der Waals surface area contributed by atoms with Gasteiger partial charge >= 0.3 is 0 Å². The molecule has 0 amide bonds. The molecular weight excluding hydrogens is 230 g/mol. The molecule has 88 valence electrons. The summed E-state index contributed by atoms with van der Waals surface area (Å²) in [6.45, 7) is 0. The number of hydrogen-bond acceptors (Lipinski definition) is 4. The molecule has 0 fully saturated rings. The van der Waals surface area contributed by atoms with Crippen LogP contribution in [0, 0.1) is 0 Å². The Kier molecular flexibility index (Phi) is 2.30. The van der Waals surface area contributed by atoms with Gasteiger partial charge in [0.05, 0.1) is 5.69 Å². The summed E-state index contributed by atoms with van der Waals surface area (Å²) in [6, 6.07) is 11.9. The quantitative estimate of drug-likeness (QED) is 0.694. The zero-order chi connectivity index (χ0) is 12.5. The molecule has 0 atom stereocenters. The van der Waals surface area contributed by atoms with Crippen LogP contribution in [0.1, 0.15) is 10.5 Å². The number of carbonyl (C=O) groups is 1. The molecule has 0 saturated carbocycles. The fourth-order valence-corrected chi connectivity index (χ4v) is 1.89. The van der Waals surface area contributed by atoms with Gasteiger partial charge in [-0.3, -0.25) is 9.20 Å². The molecule has 2 heterocycles. The van der Waals surface area contributed by atoms with Crippen LogP contribution in [0.3, 0.4) is 0 Å². The van der Waals surface area contributed by atoms with E-state index in [0.717, 1.165) is 6.29 Å². The summed E-state index contributed by atoms with van der Waals surface area (Å²) in [5.74, 6) is 0.677. The van der Waals surface area contributed by atoms with Crippen molar-refractivity contribution in [2.45, 2.75) is 0 Å². The van der Waals surface area contributed by atoms with Gasteiger partial charge in [-0.2, -0.15) is 0 Å². The Bertz CT molecular complexity index is 734. The molecule has 1 aromatic carbocycles. The van der Waals surface area contributed by atoms with E-state index in [1.165, 1.54) is 0 Å². The Labute approximate surface area is 102 Å². The van der Waals surface area contributed by atoms with Gasteiger partial charge in [-0.1, -0.05) is 18.2 Å². The van der Waals surface area contributed by atoms with Crippen molar-refractivity contribution in [3.8, 4) is 17.1 Å². The van der Waals surface area contributed by atoms with Gasteiger partial charge in [0.15, 0.2) is 17.8 Å². The van der Waals surface area contributed by atoms with E-state index in [0.29, 0.717) is 22.7 Å². The number of carbonyl (C=O) groups excluding carboxylic acids is 1. The first kappa shape index (κ1) is 10.5. The molecule has 0 aliphatic rings. The summed E-state index contributed by atoms with van der Waals surface area (Å²) in [7, 11) is 0. The smallest absolute Gasteiger partial charge is 0.169 e. The van der Waals surface area contributed by atoms with Crippen molar-refractivity contribution < 1.29 is 9.90 Å². The largest absolute Gasteiger partial charge is 0.508 e. The summed E-state index contributed by atoms with van der Waals surface area (Å²) in [4.78, 5) is 11.0. The molecule has 5 heteroatoms. The molecule has 0 spiro atoms. The average Bonchev–Trinajstić information content (AvgIpc) is 2.82. The Hall–Kier alpha value is -2.69. The van der Waals surface area contributed by atoms with Crippen LogP contribution in [0.4, 0.5) is 0 Å². The number of benzene rings is 1. The third kappa shape index (κ3) is 1.53. The normalized spacial score (nSPS) is 10.7. The maximum absolute atomic E-state index is 11.0. The van der Waals surface area contributed by atoms with Crippen LogP contribution in [0.5, 0.6) is 5.75 Å². The lowest BCUT2D eigenvalue weighted by Crippen LogP contribution is -1.97. The molecule has 5 nitrogen and oxygen atoms in total. The van der Waals surface area contributed by atoms with Gasteiger partial charge in [0.2, 0.25) is 0 Å². The van der Waals surface area contributed by atoms with Crippen LogP contribution in [-0.4, -0.2) is 26.0 Å². The Morgan fingerprint density at radius 3 is 2.72 bits per heavy atom. The van der Waals surface area contributed by atoms with E-state index in [2.05, 4.69) is 10.2 Å². The number of aldehydes is 1. The lowest BCUT2D eigenvalue weighted by atomic mass is 10.2. The fourth-order valence-electron chi connectivity index (χ4n) is 1.89. The van der Waals surface area contributed by atoms with Crippen molar-refractivity contribution in [1.82, 2.24) is 14.6 Å². The second-order valence-electron chi connectivity index (χ2n) is 3.84. The summed E-state index contributed by atoms with van der Waals surface area (Å²) in [6.07, 6.45) is 0.753. The average molecular weight is 239 g/mol. The molecule has 1 N–H and O–H groups in total. The zero-order valence-corrected chi connectivity index (χ0v) is 9.32. The van der Waals surface area contributed by atoms with Gasteiger partial charge in [0, 0.05) is 5.56 Å². The first-order valence-electron chi connectivity index (χ1n) is 5.38. The Balaban J connectivity index is 2.33. The minimum atomic E-state index is 0.146. The van der Waals surface area contributed by atoms with Crippen LogP contribution in [0.2, 0.25) is 0 Å². The molecule has 0 bridgehead atoms. The number of aromatic hydroxyl groups is 1. The number of pyridine rings is 1. The summed E-state index contributed by atoms with van der Waals surface area (Å²) in [5.41, 5.74) is 1.77. The lowest BCUT2D eigenvalue weighted by Gasteiger charge is -2.02. The number of phenolic OH excluding ortho intramolecular Hbond substituents is 1. The van der Waals surface area contributed by atoms with Gasteiger partial charge in [-0.05, 0) is 24.3 Å². The first-order chi connectivity index (χ1) is 8.79. The highest BCUT2D eigenvalue weighted by molar-refractivity contribution is 5.76. The monoisotopic (exact) mass is 239 g/mol. The summed E-state index contributed by atoms with van der Waals surface area (Å²) in [5, 5.41) is 17.5. The third-order valence-electron chi connectivity index (χ3n) is 2.68. The summed E-state index contributed by atoms with van der Waals surface area (Å²) >= 11 is 0. The van der Waals surface area contributed by atoms with Gasteiger partial charge in [0.25, 0.3) is 0 Å². The predicted molar refractivity (Wildman–Crippen MR) is 65.5 cm³/mol. The second-order valence-corrected chi connectivity index (χ2v) is 3.84. The van der Waals surface area contributed by atoms with Crippen molar-refractivity contribution in [3.05, 3.63) is 48.2 Å². The minimum absolute atomic E-state index is 0.146. The van der Waals surface area contributed by atoms with Crippen LogP contribution >= 0.6 is 0 Å². The molecule has 2 aromatic heterocycles. The predicted octanol–water partition coefficient (Wildman–Crippen LogP) is 1.91. The molecule has 0 aliphatic heterocycles. The van der Waals surface area contributed by atoms with Crippen molar-refractivity contribution in [2.24, 2.45) is 0 Å². The highest BCUT2D eigenvalue weighted by atomic mass is 16.3. The number of nitrogens with zero attached hydrogens (tertiary/aromatic N) is 3. The van der Waals surface area contributed by atoms with Crippen LogP contribution in [0.15, 0.2) is 42.5 Å². The van der Waals surface area contributed by atoms with E-state index in [9.17, 15) is 9.90 Å². The molecular formula is C13H9N3O2. The molecule has 0 radical (unpaired) electrons. The molecule has 18 heavy (non-hydrogen) atoms. The number of fused-ring (bicyclic) bond motifs is 1. The topological polar surface area (TPSA) is 67.5 Å². The highest BCUT2D eigenvalue weighted by Crippen LogP contribution is 2.22.